The van der Waals surface area contributed by atoms with Gasteiger partial charge in [0.05, 0.1) is 0 Å². The van der Waals surface area contributed by atoms with E-state index in [1.165, 1.54) is 32.2 Å². The van der Waals surface area contributed by atoms with Gasteiger partial charge in [-0.1, -0.05) is 13.3 Å². The lowest BCUT2D eigenvalue weighted by Crippen LogP contribution is -2.34. The standard InChI is InChI=1S/C10H22N2/c1-3-4-10(5-6-10)8-12-7-9(2)11/h9,12H,3-8,11H2,1-2H3. The van der Waals surface area contributed by atoms with E-state index in [-0.39, 0.29) is 0 Å². The molecule has 1 fully saturated rings. The van der Waals surface area contributed by atoms with Crippen LogP contribution in [0.25, 0.3) is 0 Å². The Morgan fingerprint density at radius 1 is 1.50 bits per heavy atom. The number of hydrogen-bond donors (Lipinski definition) is 2. The summed E-state index contributed by atoms with van der Waals surface area (Å²) in [4.78, 5) is 0. The molecule has 1 aliphatic carbocycles. The van der Waals surface area contributed by atoms with Crippen molar-refractivity contribution in [2.45, 2.75) is 45.6 Å². The van der Waals surface area contributed by atoms with Crippen molar-refractivity contribution in [1.82, 2.24) is 5.32 Å². The molecule has 72 valence electrons. The van der Waals surface area contributed by atoms with Gasteiger partial charge in [-0.3, -0.25) is 0 Å². The van der Waals surface area contributed by atoms with Crippen molar-refractivity contribution in [1.29, 1.82) is 0 Å². The molecule has 12 heavy (non-hydrogen) atoms. The van der Waals surface area contributed by atoms with Gasteiger partial charge >= 0.3 is 0 Å². The molecule has 0 spiro atoms. The molecule has 1 rings (SSSR count). The molecule has 0 aromatic rings. The molecule has 0 saturated heterocycles. The van der Waals surface area contributed by atoms with Gasteiger partial charge in [-0.15, -0.1) is 0 Å². The van der Waals surface area contributed by atoms with E-state index in [0.717, 1.165) is 6.54 Å². The lowest BCUT2D eigenvalue weighted by atomic mass is 10.0. The summed E-state index contributed by atoms with van der Waals surface area (Å²) in [5, 5.41) is 3.45. The summed E-state index contributed by atoms with van der Waals surface area (Å²) in [5.74, 6) is 0. The van der Waals surface area contributed by atoms with Crippen LogP contribution in [0, 0.1) is 5.41 Å². The van der Waals surface area contributed by atoms with Crippen LogP contribution < -0.4 is 11.1 Å². The summed E-state index contributed by atoms with van der Waals surface area (Å²) >= 11 is 0. The van der Waals surface area contributed by atoms with Gasteiger partial charge in [0.1, 0.15) is 0 Å². The fraction of sp³-hybridized carbons (Fsp3) is 1.00. The molecule has 0 aliphatic heterocycles. The third kappa shape index (κ3) is 3.11. The number of rotatable bonds is 6. The van der Waals surface area contributed by atoms with Gasteiger partial charge < -0.3 is 11.1 Å². The highest BCUT2D eigenvalue weighted by molar-refractivity contribution is 4.94. The smallest absolute Gasteiger partial charge is 0.0136 e. The highest BCUT2D eigenvalue weighted by Gasteiger charge is 2.40. The first-order valence-electron chi connectivity index (χ1n) is 5.15. The molecule has 3 N–H and O–H groups in total. The zero-order valence-electron chi connectivity index (χ0n) is 8.40. The predicted octanol–water partition coefficient (Wildman–Crippen LogP) is 1.50. The minimum absolute atomic E-state index is 0.294. The van der Waals surface area contributed by atoms with Crippen LogP contribution in [0.5, 0.6) is 0 Å². The Bertz CT molecular complexity index is 128. The van der Waals surface area contributed by atoms with Gasteiger partial charge in [0, 0.05) is 19.1 Å². The van der Waals surface area contributed by atoms with E-state index in [4.69, 9.17) is 5.73 Å². The topological polar surface area (TPSA) is 38.0 Å². The first-order valence-corrected chi connectivity index (χ1v) is 5.15. The maximum absolute atomic E-state index is 5.65. The van der Waals surface area contributed by atoms with Crippen molar-refractivity contribution in [2.24, 2.45) is 11.1 Å². The molecule has 0 aromatic heterocycles. The zero-order valence-corrected chi connectivity index (χ0v) is 8.40. The van der Waals surface area contributed by atoms with E-state index in [1.54, 1.807) is 0 Å². The summed E-state index contributed by atoms with van der Waals surface area (Å²) in [6.07, 6.45) is 5.55. The van der Waals surface area contributed by atoms with Crippen LogP contribution >= 0.6 is 0 Å². The molecule has 0 radical (unpaired) electrons. The SMILES string of the molecule is CCCC1(CNCC(C)N)CC1. The van der Waals surface area contributed by atoms with Crippen LogP contribution in [-0.2, 0) is 0 Å². The molecular formula is C10H22N2. The Balaban J connectivity index is 2.06. The molecule has 2 heteroatoms. The summed E-state index contributed by atoms with van der Waals surface area (Å²) < 4.78 is 0. The van der Waals surface area contributed by atoms with Gasteiger partial charge in [-0.05, 0) is 31.6 Å². The van der Waals surface area contributed by atoms with E-state index in [9.17, 15) is 0 Å². The summed E-state index contributed by atoms with van der Waals surface area (Å²) in [6.45, 7) is 6.46. The minimum atomic E-state index is 0.294. The highest BCUT2D eigenvalue weighted by atomic mass is 14.9. The average Bonchev–Trinajstić information content (AvgIpc) is 2.69. The van der Waals surface area contributed by atoms with E-state index >= 15 is 0 Å². The van der Waals surface area contributed by atoms with E-state index in [1.807, 2.05) is 6.92 Å². The molecular weight excluding hydrogens is 148 g/mol. The molecule has 2 nitrogen and oxygen atoms in total. The predicted molar refractivity (Wildman–Crippen MR) is 53.1 cm³/mol. The number of nitrogens with one attached hydrogen (secondary N) is 1. The van der Waals surface area contributed by atoms with Crippen molar-refractivity contribution in [3.63, 3.8) is 0 Å². The highest BCUT2D eigenvalue weighted by Crippen LogP contribution is 2.48. The molecule has 1 unspecified atom stereocenters. The van der Waals surface area contributed by atoms with E-state index < -0.39 is 0 Å². The van der Waals surface area contributed by atoms with Crippen LogP contribution in [0.15, 0.2) is 0 Å². The second-order valence-corrected chi connectivity index (χ2v) is 4.36. The van der Waals surface area contributed by atoms with Crippen molar-refractivity contribution in [3.05, 3.63) is 0 Å². The maximum atomic E-state index is 5.65. The van der Waals surface area contributed by atoms with Crippen molar-refractivity contribution < 1.29 is 0 Å². The van der Waals surface area contributed by atoms with Crippen molar-refractivity contribution >= 4 is 0 Å². The van der Waals surface area contributed by atoms with E-state index in [2.05, 4.69) is 12.2 Å². The molecule has 0 bridgehead atoms. The first kappa shape index (κ1) is 10.0. The van der Waals surface area contributed by atoms with Gasteiger partial charge in [0.2, 0.25) is 0 Å². The van der Waals surface area contributed by atoms with Gasteiger partial charge in [-0.2, -0.15) is 0 Å². The van der Waals surface area contributed by atoms with E-state index in [0.29, 0.717) is 11.5 Å². The third-order valence-electron chi connectivity index (χ3n) is 2.70. The monoisotopic (exact) mass is 170 g/mol. The Morgan fingerprint density at radius 2 is 2.17 bits per heavy atom. The second-order valence-electron chi connectivity index (χ2n) is 4.36. The van der Waals surface area contributed by atoms with Gasteiger partial charge in [0.15, 0.2) is 0 Å². The summed E-state index contributed by atoms with van der Waals surface area (Å²) in [7, 11) is 0. The largest absolute Gasteiger partial charge is 0.327 e. The normalized spacial score (nSPS) is 22.2. The molecule has 0 heterocycles. The Morgan fingerprint density at radius 3 is 2.58 bits per heavy atom. The molecule has 0 aromatic carbocycles. The Kier molecular flexibility index (Phi) is 3.53. The molecule has 0 amide bonds. The molecule has 1 saturated carbocycles. The molecule has 1 atom stereocenters. The number of nitrogens with two attached hydrogens (primary N) is 1. The van der Waals surface area contributed by atoms with Crippen LogP contribution in [0.1, 0.15) is 39.5 Å². The maximum Gasteiger partial charge on any atom is 0.0136 e. The summed E-state index contributed by atoms with van der Waals surface area (Å²) in [5.41, 5.74) is 6.32. The second kappa shape index (κ2) is 4.24. The third-order valence-corrected chi connectivity index (χ3v) is 2.70. The van der Waals surface area contributed by atoms with Crippen molar-refractivity contribution in [3.8, 4) is 0 Å². The van der Waals surface area contributed by atoms with Crippen LogP contribution in [0.4, 0.5) is 0 Å². The van der Waals surface area contributed by atoms with Crippen LogP contribution in [-0.4, -0.2) is 19.1 Å². The minimum Gasteiger partial charge on any atom is -0.327 e. The molecule has 1 aliphatic rings. The average molecular weight is 170 g/mol. The lowest BCUT2D eigenvalue weighted by molar-refractivity contribution is 0.415. The summed E-state index contributed by atoms with van der Waals surface area (Å²) in [6, 6.07) is 0.294. The quantitative estimate of drug-likeness (QED) is 0.634. The zero-order chi connectivity index (χ0) is 9.03. The van der Waals surface area contributed by atoms with Gasteiger partial charge in [-0.25, -0.2) is 0 Å². The van der Waals surface area contributed by atoms with Gasteiger partial charge in [0.25, 0.3) is 0 Å². The van der Waals surface area contributed by atoms with Crippen LogP contribution in [0.2, 0.25) is 0 Å². The fourth-order valence-electron chi connectivity index (χ4n) is 1.79. The Labute approximate surface area is 75.9 Å². The van der Waals surface area contributed by atoms with Crippen LogP contribution in [0.3, 0.4) is 0 Å². The Hall–Kier alpha value is -0.0800. The fourth-order valence-corrected chi connectivity index (χ4v) is 1.79. The lowest BCUT2D eigenvalue weighted by Gasteiger charge is -2.15. The van der Waals surface area contributed by atoms with Crippen molar-refractivity contribution in [2.75, 3.05) is 13.1 Å². The first-order chi connectivity index (χ1) is 5.68. The number of hydrogen-bond acceptors (Lipinski definition) is 2.